The van der Waals surface area contributed by atoms with E-state index in [0.717, 1.165) is 5.69 Å². The standard InChI is InChI=1S/C10H13ClN6/c1-2-17-10(7(11)5-15-17)9(16-12)8-6-13-3-4-14-8/h3-6,9,16H,2,12H2,1H3. The molecule has 0 amide bonds. The maximum Gasteiger partial charge on any atom is 0.108 e. The molecule has 0 saturated carbocycles. The summed E-state index contributed by atoms with van der Waals surface area (Å²) in [5.74, 6) is 5.57. The van der Waals surface area contributed by atoms with Crippen LogP contribution in [0.4, 0.5) is 0 Å². The van der Waals surface area contributed by atoms with E-state index in [4.69, 9.17) is 17.4 Å². The third-order valence-corrected chi connectivity index (χ3v) is 2.74. The van der Waals surface area contributed by atoms with Crippen LogP contribution in [0.3, 0.4) is 0 Å². The maximum atomic E-state index is 6.12. The second-order valence-electron chi connectivity index (χ2n) is 3.42. The molecule has 0 spiro atoms. The zero-order chi connectivity index (χ0) is 12.3. The molecular formula is C10H13ClN6. The lowest BCUT2D eigenvalue weighted by atomic mass is 10.1. The number of hydrogen-bond acceptors (Lipinski definition) is 5. The number of nitrogens with one attached hydrogen (secondary N) is 1. The Balaban J connectivity index is 2.45. The number of rotatable bonds is 4. The van der Waals surface area contributed by atoms with Gasteiger partial charge >= 0.3 is 0 Å². The van der Waals surface area contributed by atoms with Gasteiger partial charge in [0, 0.05) is 18.9 Å². The molecule has 6 nitrogen and oxygen atoms in total. The molecule has 3 N–H and O–H groups in total. The van der Waals surface area contributed by atoms with Gasteiger partial charge in [0.15, 0.2) is 0 Å². The van der Waals surface area contributed by atoms with Gasteiger partial charge in [-0.25, -0.2) is 5.43 Å². The summed E-state index contributed by atoms with van der Waals surface area (Å²) in [5, 5.41) is 4.73. The van der Waals surface area contributed by atoms with Gasteiger partial charge in [0.05, 0.1) is 28.8 Å². The number of hydrogen-bond donors (Lipinski definition) is 2. The van der Waals surface area contributed by atoms with Gasteiger partial charge in [-0.3, -0.25) is 20.5 Å². The third kappa shape index (κ3) is 2.28. The van der Waals surface area contributed by atoms with E-state index in [0.29, 0.717) is 17.3 Å². The molecule has 2 heterocycles. The summed E-state index contributed by atoms with van der Waals surface area (Å²) in [7, 11) is 0. The van der Waals surface area contributed by atoms with Crippen LogP contribution in [0.5, 0.6) is 0 Å². The highest BCUT2D eigenvalue weighted by Crippen LogP contribution is 2.26. The molecular weight excluding hydrogens is 240 g/mol. The van der Waals surface area contributed by atoms with Crippen molar-refractivity contribution in [1.29, 1.82) is 0 Å². The molecule has 2 aromatic heterocycles. The minimum Gasteiger partial charge on any atom is -0.270 e. The Morgan fingerprint density at radius 3 is 2.88 bits per heavy atom. The van der Waals surface area contributed by atoms with Gasteiger partial charge in [-0.2, -0.15) is 5.10 Å². The van der Waals surface area contributed by atoms with Crippen LogP contribution >= 0.6 is 11.6 Å². The number of aryl methyl sites for hydroxylation is 1. The SMILES string of the molecule is CCn1ncc(Cl)c1C(NN)c1cnccn1. The van der Waals surface area contributed by atoms with Gasteiger partial charge in [0.25, 0.3) is 0 Å². The Morgan fingerprint density at radius 1 is 1.47 bits per heavy atom. The Hall–Kier alpha value is -1.50. The molecule has 90 valence electrons. The van der Waals surface area contributed by atoms with Crippen molar-refractivity contribution in [2.75, 3.05) is 0 Å². The highest BCUT2D eigenvalue weighted by molar-refractivity contribution is 6.31. The number of hydrazine groups is 1. The normalized spacial score (nSPS) is 12.6. The molecule has 0 aliphatic rings. The summed E-state index contributed by atoms with van der Waals surface area (Å²) in [6.45, 7) is 2.69. The molecule has 1 unspecified atom stereocenters. The van der Waals surface area contributed by atoms with Crippen LogP contribution in [0.15, 0.2) is 24.8 Å². The van der Waals surface area contributed by atoms with Crippen molar-refractivity contribution in [3.05, 3.63) is 41.2 Å². The summed E-state index contributed by atoms with van der Waals surface area (Å²) < 4.78 is 1.78. The number of halogens is 1. The molecule has 17 heavy (non-hydrogen) atoms. The first-order valence-corrected chi connectivity index (χ1v) is 5.59. The largest absolute Gasteiger partial charge is 0.270 e. The molecule has 0 aromatic carbocycles. The van der Waals surface area contributed by atoms with E-state index in [1.54, 1.807) is 29.5 Å². The quantitative estimate of drug-likeness (QED) is 0.624. The summed E-state index contributed by atoms with van der Waals surface area (Å²) in [5.41, 5.74) is 4.18. The van der Waals surface area contributed by atoms with E-state index >= 15 is 0 Å². The van der Waals surface area contributed by atoms with Crippen molar-refractivity contribution in [2.24, 2.45) is 5.84 Å². The number of nitrogens with two attached hydrogens (primary N) is 1. The summed E-state index contributed by atoms with van der Waals surface area (Å²) >= 11 is 6.12. The summed E-state index contributed by atoms with van der Waals surface area (Å²) in [6.07, 6.45) is 6.46. The fourth-order valence-electron chi connectivity index (χ4n) is 1.67. The van der Waals surface area contributed by atoms with Crippen molar-refractivity contribution in [3.63, 3.8) is 0 Å². The molecule has 0 fully saturated rings. The Morgan fingerprint density at radius 2 is 2.29 bits per heavy atom. The smallest absolute Gasteiger partial charge is 0.108 e. The summed E-state index contributed by atoms with van der Waals surface area (Å²) in [6, 6.07) is -0.321. The molecule has 0 aliphatic carbocycles. The van der Waals surface area contributed by atoms with E-state index in [1.807, 2.05) is 6.92 Å². The van der Waals surface area contributed by atoms with E-state index in [2.05, 4.69) is 20.5 Å². The van der Waals surface area contributed by atoms with Gasteiger partial charge in [-0.05, 0) is 6.92 Å². The van der Waals surface area contributed by atoms with E-state index in [9.17, 15) is 0 Å². The third-order valence-electron chi connectivity index (χ3n) is 2.45. The first-order valence-electron chi connectivity index (χ1n) is 5.21. The van der Waals surface area contributed by atoms with Gasteiger partial charge in [-0.15, -0.1) is 0 Å². The molecule has 2 aromatic rings. The van der Waals surface area contributed by atoms with E-state index in [-0.39, 0.29) is 6.04 Å². The van der Waals surface area contributed by atoms with Gasteiger partial charge in [-0.1, -0.05) is 11.6 Å². The predicted octanol–water partition coefficient (Wildman–Crippen LogP) is 0.899. The second-order valence-corrected chi connectivity index (χ2v) is 3.83. The number of aromatic nitrogens is 4. The Kier molecular flexibility index (Phi) is 3.68. The van der Waals surface area contributed by atoms with Gasteiger partial charge < -0.3 is 0 Å². The van der Waals surface area contributed by atoms with E-state index in [1.165, 1.54) is 0 Å². The minimum atomic E-state index is -0.321. The maximum absolute atomic E-state index is 6.12. The van der Waals surface area contributed by atoms with Crippen molar-refractivity contribution in [3.8, 4) is 0 Å². The van der Waals surface area contributed by atoms with Crippen molar-refractivity contribution < 1.29 is 0 Å². The van der Waals surface area contributed by atoms with Crippen molar-refractivity contribution in [2.45, 2.75) is 19.5 Å². The lowest BCUT2D eigenvalue weighted by Gasteiger charge is -2.16. The Labute approximate surface area is 104 Å². The van der Waals surface area contributed by atoms with Gasteiger partial charge in [0.1, 0.15) is 6.04 Å². The van der Waals surface area contributed by atoms with Crippen LogP contribution in [-0.2, 0) is 6.54 Å². The fraction of sp³-hybridized carbons (Fsp3) is 0.300. The van der Waals surface area contributed by atoms with E-state index < -0.39 is 0 Å². The van der Waals surface area contributed by atoms with Crippen LogP contribution in [0, 0.1) is 0 Å². The van der Waals surface area contributed by atoms with Crippen LogP contribution in [0.2, 0.25) is 5.02 Å². The molecule has 0 bridgehead atoms. The van der Waals surface area contributed by atoms with Crippen LogP contribution in [0.25, 0.3) is 0 Å². The second kappa shape index (κ2) is 5.22. The first kappa shape index (κ1) is 12.0. The highest BCUT2D eigenvalue weighted by Gasteiger charge is 2.21. The topological polar surface area (TPSA) is 81.7 Å². The Bertz CT molecular complexity index is 483. The van der Waals surface area contributed by atoms with Crippen LogP contribution in [0.1, 0.15) is 24.4 Å². The lowest BCUT2D eigenvalue weighted by Crippen LogP contribution is -2.31. The molecule has 7 heteroatoms. The molecule has 1 atom stereocenters. The van der Waals surface area contributed by atoms with Crippen molar-refractivity contribution >= 4 is 11.6 Å². The average Bonchev–Trinajstić information content (AvgIpc) is 2.74. The zero-order valence-corrected chi connectivity index (χ0v) is 10.1. The average molecular weight is 253 g/mol. The minimum absolute atomic E-state index is 0.321. The number of nitrogens with zero attached hydrogens (tertiary/aromatic N) is 4. The van der Waals surface area contributed by atoms with Crippen LogP contribution in [-0.4, -0.2) is 19.7 Å². The fourth-order valence-corrected chi connectivity index (χ4v) is 1.93. The summed E-state index contributed by atoms with van der Waals surface area (Å²) in [4.78, 5) is 8.24. The molecule has 0 aliphatic heterocycles. The van der Waals surface area contributed by atoms with Crippen molar-refractivity contribution in [1.82, 2.24) is 25.2 Å². The van der Waals surface area contributed by atoms with Gasteiger partial charge in [0.2, 0.25) is 0 Å². The monoisotopic (exact) mass is 252 g/mol. The lowest BCUT2D eigenvalue weighted by molar-refractivity contribution is 0.534. The first-order chi connectivity index (χ1) is 8.27. The predicted molar refractivity (Wildman–Crippen MR) is 64.1 cm³/mol. The molecule has 0 radical (unpaired) electrons. The molecule has 0 saturated heterocycles. The highest BCUT2D eigenvalue weighted by atomic mass is 35.5. The molecule has 2 rings (SSSR count). The zero-order valence-electron chi connectivity index (χ0n) is 9.34. The van der Waals surface area contributed by atoms with Crippen LogP contribution < -0.4 is 11.3 Å².